The molecule has 2 aliphatic rings. The highest BCUT2D eigenvalue weighted by Gasteiger charge is 2.39. The van der Waals surface area contributed by atoms with Gasteiger partial charge in [0.25, 0.3) is 5.91 Å². The van der Waals surface area contributed by atoms with Crippen molar-refractivity contribution in [2.24, 2.45) is 0 Å². The molecule has 0 bridgehead atoms. The van der Waals surface area contributed by atoms with E-state index in [1.165, 1.54) is 0 Å². The number of para-hydroxylation sites is 1. The average Bonchev–Trinajstić information content (AvgIpc) is 2.78. The van der Waals surface area contributed by atoms with Gasteiger partial charge >= 0.3 is 6.09 Å². The quantitative estimate of drug-likeness (QED) is 0.801. The predicted octanol–water partition coefficient (Wildman–Crippen LogP) is 3.35. The molecule has 0 aliphatic carbocycles. The maximum absolute atomic E-state index is 12.9. The number of likely N-dealkylation sites (tertiary alicyclic amines) is 1. The van der Waals surface area contributed by atoms with E-state index < -0.39 is 12.1 Å². The number of ether oxygens (including phenoxy) is 2. The number of carbonyl (C=O) groups excluding carboxylic acids is 2. The van der Waals surface area contributed by atoms with E-state index in [-0.39, 0.29) is 18.6 Å². The van der Waals surface area contributed by atoms with Crippen molar-refractivity contribution in [2.75, 3.05) is 18.6 Å². The second-order valence-electron chi connectivity index (χ2n) is 7.10. The van der Waals surface area contributed by atoms with Crippen LogP contribution in [0.25, 0.3) is 0 Å². The fourth-order valence-corrected chi connectivity index (χ4v) is 3.97. The highest BCUT2D eigenvalue weighted by molar-refractivity contribution is 5.95. The Morgan fingerprint density at radius 2 is 1.97 bits per heavy atom. The summed E-state index contributed by atoms with van der Waals surface area (Å²) in [5.41, 5.74) is 2.27. The molecule has 29 heavy (non-hydrogen) atoms. The first-order valence-corrected chi connectivity index (χ1v) is 9.51. The van der Waals surface area contributed by atoms with Gasteiger partial charge < -0.3 is 14.4 Å². The van der Waals surface area contributed by atoms with E-state index >= 15 is 0 Å². The molecule has 7 heteroatoms. The van der Waals surface area contributed by atoms with Crippen molar-refractivity contribution in [3.63, 3.8) is 0 Å². The summed E-state index contributed by atoms with van der Waals surface area (Å²) in [4.78, 5) is 28.6. The molecule has 0 aromatic heterocycles. The normalized spacial score (nSPS) is 21.0. The summed E-state index contributed by atoms with van der Waals surface area (Å²) in [6.45, 7) is 0.641. The van der Waals surface area contributed by atoms with Crippen LogP contribution in [-0.2, 0) is 11.3 Å². The van der Waals surface area contributed by atoms with Crippen LogP contribution in [0.1, 0.15) is 28.8 Å². The number of fused-ring (bicyclic) bond motifs is 1. The van der Waals surface area contributed by atoms with Crippen molar-refractivity contribution >= 4 is 17.7 Å². The Morgan fingerprint density at radius 3 is 2.69 bits per heavy atom. The second-order valence-corrected chi connectivity index (χ2v) is 7.10. The van der Waals surface area contributed by atoms with E-state index in [4.69, 9.17) is 9.47 Å². The Labute approximate surface area is 169 Å². The van der Waals surface area contributed by atoms with Gasteiger partial charge in [0.05, 0.1) is 18.9 Å². The maximum Gasteiger partial charge on any atom is 0.414 e. The molecule has 148 valence electrons. The molecule has 2 unspecified atom stereocenters. The minimum atomic E-state index is -0.620. The van der Waals surface area contributed by atoms with E-state index in [0.717, 1.165) is 11.3 Å². The van der Waals surface area contributed by atoms with E-state index in [1.54, 1.807) is 41.2 Å². The monoisotopic (exact) mass is 391 g/mol. The van der Waals surface area contributed by atoms with E-state index in [1.807, 2.05) is 24.3 Å². The molecule has 2 aliphatic heterocycles. The number of benzene rings is 2. The fraction of sp³-hybridized carbons (Fsp3) is 0.318. The van der Waals surface area contributed by atoms with Gasteiger partial charge in [0.15, 0.2) is 0 Å². The van der Waals surface area contributed by atoms with Gasteiger partial charge in [-0.05, 0) is 36.8 Å². The molecule has 4 rings (SSSR count). The van der Waals surface area contributed by atoms with Gasteiger partial charge in [0, 0.05) is 30.1 Å². The van der Waals surface area contributed by atoms with Gasteiger partial charge in [-0.1, -0.05) is 18.2 Å². The lowest BCUT2D eigenvalue weighted by Gasteiger charge is -2.42. The maximum atomic E-state index is 12.9. The van der Waals surface area contributed by atoms with Crippen LogP contribution >= 0.6 is 0 Å². The van der Waals surface area contributed by atoms with Crippen molar-refractivity contribution in [1.82, 2.24) is 4.90 Å². The number of hydrogen-bond acceptors (Lipinski definition) is 5. The van der Waals surface area contributed by atoms with Crippen LogP contribution in [-0.4, -0.2) is 42.6 Å². The number of methoxy groups -OCH3 is 1. The van der Waals surface area contributed by atoms with Gasteiger partial charge in [-0.2, -0.15) is 5.26 Å². The first-order valence-electron chi connectivity index (χ1n) is 9.51. The second kappa shape index (κ2) is 7.84. The van der Waals surface area contributed by atoms with E-state index in [0.29, 0.717) is 30.7 Å². The van der Waals surface area contributed by atoms with Crippen LogP contribution in [0.4, 0.5) is 10.5 Å². The van der Waals surface area contributed by atoms with Gasteiger partial charge in [-0.3, -0.25) is 9.69 Å². The van der Waals surface area contributed by atoms with Crippen LogP contribution in [0.2, 0.25) is 0 Å². The van der Waals surface area contributed by atoms with Crippen LogP contribution < -0.4 is 9.64 Å². The Balaban J connectivity index is 1.54. The zero-order valence-electron chi connectivity index (χ0n) is 16.1. The third-order valence-corrected chi connectivity index (χ3v) is 5.49. The number of piperidine rings is 1. The zero-order valence-corrected chi connectivity index (χ0v) is 16.1. The summed E-state index contributed by atoms with van der Waals surface area (Å²) < 4.78 is 10.4. The van der Waals surface area contributed by atoms with Crippen LogP contribution in [0.5, 0.6) is 5.75 Å². The summed E-state index contributed by atoms with van der Waals surface area (Å²) in [6.07, 6.45) is 0.547. The van der Waals surface area contributed by atoms with Crippen molar-refractivity contribution in [1.29, 1.82) is 5.26 Å². The van der Waals surface area contributed by atoms with E-state index in [2.05, 4.69) is 6.07 Å². The molecule has 2 aromatic carbocycles. The molecule has 1 saturated heterocycles. The number of hydrogen-bond donors (Lipinski definition) is 0. The Kier molecular flexibility index (Phi) is 5.09. The van der Waals surface area contributed by atoms with Gasteiger partial charge in [-0.15, -0.1) is 0 Å². The first kappa shape index (κ1) is 18.8. The number of cyclic esters (lactones) is 1. The summed E-state index contributed by atoms with van der Waals surface area (Å²) >= 11 is 0. The molecular formula is C22H21N3O4. The van der Waals surface area contributed by atoms with Crippen molar-refractivity contribution < 1.29 is 19.1 Å². The summed E-state index contributed by atoms with van der Waals surface area (Å²) in [6, 6.07) is 15.9. The van der Waals surface area contributed by atoms with Gasteiger partial charge in [0.1, 0.15) is 18.4 Å². The largest absolute Gasteiger partial charge is 0.497 e. The van der Waals surface area contributed by atoms with E-state index in [9.17, 15) is 14.9 Å². The highest BCUT2D eigenvalue weighted by Crippen LogP contribution is 2.33. The van der Waals surface area contributed by atoms with Crippen molar-refractivity contribution in [2.45, 2.75) is 31.5 Å². The SMILES string of the molecule is COc1ccc(C(=O)N2CCC(N3C(=O)OCc4ccccc43)CC2C#N)cc1. The summed E-state index contributed by atoms with van der Waals surface area (Å²) in [7, 11) is 1.57. The molecule has 0 N–H and O–H groups in total. The number of nitriles is 1. The lowest BCUT2D eigenvalue weighted by atomic mass is 9.94. The van der Waals surface area contributed by atoms with Gasteiger partial charge in [0.2, 0.25) is 0 Å². The molecule has 2 aromatic rings. The zero-order chi connectivity index (χ0) is 20.4. The van der Waals surface area contributed by atoms with Crippen LogP contribution in [0.15, 0.2) is 48.5 Å². The molecule has 0 saturated carbocycles. The molecule has 2 heterocycles. The fourth-order valence-electron chi connectivity index (χ4n) is 3.97. The standard InChI is InChI=1S/C22H21N3O4/c1-28-19-8-6-15(7-9-19)21(26)24-11-10-17(12-18(24)13-23)25-20-5-3-2-4-16(20)14-29-22(25)27/h2-9,17-18H,10-12,14H2,1H3. The molecule has 2 atom stereocenters. The third kappa shape index (κ3) is 3.49. The minimum Gasteiger partial charge on any atom is -0.497 e. The highest BCUT2D eigenvalue weighted by atomic mass is 16.6. The predicted molar refractivity (Wildman–Crippen MR) is 106 cm³/mol. The molecule has 0 radical (unpaired) electrons. The molecule has 7 nitrogen and oxygen atoms in total. The van der Waals surface area contributed by atoms with Crippen molar-refractivity contribution in [3.8, 4) is 11.8 Å². The average molecular weight is 391 g/mol. The topological polar surface area (TPSA) is 82.9 Å². The summed E-state index contributed by atoms with van der Waals surface area (Å²) in [5, 5.41) is 9.72. The number of rotatable bonds is 3. The molecular weight excluding hydrogens is 370 g/mol. The van der Waals surface area contributed by atoms with Crippen LogP contribution in [0.3, 0.4) is 0 Å². The Hall–Kier alpha value is -3.53. The number of anilines is 1. The smallest absolute Gasteiger partial charge is 0.414 e. The third-order valence-electron chi connectivity index (χ3n) is 5.49. The lowest BCUT2D eigenvalue weighted by molar-refractivity contribution is 0.0648. The Bertz CT molecular complexity index is 967. The number of amides is 2. The first-order chi connectivity index (χ1) is 14.1. The Morgan fingerprint density at radius 1 is 1.21 bits per heavy atom. The van der Waals surface area contributed by atoms with Gasteiger partial charge in [-0.25, -0.2) is 4.79 Å². The van der Waals surface area contributed by atoms with Crippen molar-refractivity contribution in [3.05, 3.63) is 59.7 Å². The summed E-state index contributed by atoms with van der Waals surface area (Å²) in [5.74, 6) is 0.471. The molecule has 0 spiro atoms. The molecule has 1 fully saturated rings. The lowest BCUT2D eigenvalue weighted by Crippen LogP contribution is -2.54. The molecule has 2 amide bonds. The van der Waals surface area contributed by atoms with Crippen LogP contribution in [0, 0.1) is 11.3 Å². The number of carbonyl (C=O) groups is 2. The minimum absolute atomic E-state index is 0.195. The number of nitrogens with zero attached hydrogens (tertiary/aromatic N) is 3.